The number of nitriles is 1. The first kappa shape index (κ1) is 15.4. The SMILES string of the molecule is CC(C)COC(O)N(CCCC#N)C(C)C. The third-order valence-electron chi connectivity index (χ3n) is 2.23. The van der Waals surface area contributed by atoms with Crippen LogP contribution in [0, 0.1) is 17.2 Å². The quantitative estimate of drug-likeness (QED) is 0.509. The molecule has 94 valence electrons. The Labute approximate surface area is 98.8 Å². The van der Waals surface area contributed by atoms with Gasteiger partial charge < -0.3 is 9.84 Å². The fourth-order valence-electron chi connectivity index (χ4n) is 1.34. The average Bonchev–Trinajstić information content (AvgIpc) is 2.20. The van der Waals surface area contributed by atoms with E-state index in [0.29, 0.717) is 25.5 Å². The second kappa shape index (κ2) is 8.51. The monoisotopic (exact) mass is 228 g/mol. The number of ether oxygens (including phenoxy) is 1. The molecule has 0 aromatic carbocycles. The molecule has 0 bridgehead atoms. The van der Waals surface area contributed by atoms with Gasteiger partial charge in [0.2, 0.25) is 6.41 Å². The van der Waals surface area contributed by atoms with Crippen LogP contribution in [-0.4, -0.2) is 35.6 Å². The highest BCUT2D eigenvalue weighted by molar-refractivity contribution is 4.71. The van der Waals surface area contributed by atoms with Crippen LogP contribution in [0.3, 0.4) is 0 Å². The summed E-state index contributed by atoms with van der Waals surface area (Å²) in [7, 11) is 0. The van der Waals surface area contributed by atoms with Crippen LogP contribution in [0.25, 0.3) is 0 Å². The number of rotatable bonds is 8. The van der Waals surface area contributed by atoms with E-state index in [4.69, 9.17) is 10.00 Å². The van der Waals surface area contributed by atoms with E-state index in [9.17, 15) is 5.11 Å². The average molecular weight is 228 g/mol. The minimum absolute atomic E-state index is 0.209. The molecule has 1 unspecified atom stereocenters. The molecule has 0 heterocycles. The molecule has 0 aliphatic carbocycles. The largest absolute Gasteiger partial charge is 0.356 e. The minimum Gasteiger partial charge on any atom is -0.356 e. The molecular formula is C12H24N2O2. The lowest BCUT2D eigenvalue weighted by Gasteiger charge is -2.31. The van der Waals surface area contributed by atoms with Gasteiger partial charge in [0.05, 0.1) is 12.7 Å². The second-order valence-electron chi connectivity index (χ2n) is 4.65. The van der Waals surface area contributed by atoms with Gasteiger partial charge in [-0.25, -0.2) is 0 Å². The predicted octanol–water partition coefficient (Wildman–Crippen LogP) is 1.95. The molecule has 0 aromatic heterocycles. The molecule has 0 aliphatic rings. The Hall–Kier alpha value is -0.630. The zero-order chi connectivity index (χ0) is 12.6. The first-order valence-corrected chi connectivity index (χ1v) is 5.91. The molecule has 0 radical (unpaired) electrons. The lowest BCUT2D eigenvalue weighted by atomic mass is 10.2. The number of nitrogens with zero attached hydrogens (tertiary/aromatic N) is 2. The fraction of sp³-hybridized carbons (Fsp3) is 0.917. The van der Waals surface area contributed by atoms with Crippen LogP contribution in [0.1, 0.15) is 40.5 Å². The van der Waals surface area contributed by atoms with Gasteiger partial charge in [-0.15, -0.1) is 0 Å². The number of aliphatic hydroxyl groups excluding tert-OH is 1. The Morgan fingerprint density at radius 2 is 1.94 bits per heavy atom. The van der Waals surface area contributed by atoms with Crippen molar-refractivity contribution in [2.45, 2.75) is 53.0 Å². The van der Waals surface area contributed by atoms with E-state index in [0.717, 1.165) is 6.42 Å². The molecule has 1 N–H and O–H groups in total. The first-order valence-electron chi connectivity index (χ1n) is 5.91. The predicted molar refractivity (Wildman–Crippen MR) is 63.5 cm³/mol. The third-order valence-corrected chi connectivity index (χ3v) is 2.23. The van der Waals surface area contributed by atoms with Crippen molar-refractivity contribution in [2.24, 2.45) is 5.92 Å². The van der Waals surface area contributed by atoms with Crippen LogP contribution in [-0.2, 0) is 4.74 Å². The number of unbranched alkanes of at least 4 members (excludes halogenated alkanes) is 1. The molecular weight excluding hydrogens is 204 g/mol. The van der Waals surface area contributed by atoms with E-state index in [2.05, 4.69) is 6.07 Å². The first-order chi connectivity index (χ1) is 7.49. The maximum Gasteiger partial charge on any atom is 0.216 e. The van der Waals surface area contributed by atoms with Crippen LogP contribution in [0.2, 0.25) is 0 Å². The van der Waals surface area contributed by atoms with Crippen molar-refractivity contribution < 1.29 is 9.84 Å². The topological polar surface area (TPSA) is 56.5 Å². The zero-order valence-corrected chi connectivity index (χ0v) is 10.8. The second-order valence-corrected chi connectivity index (χ2v) is 4.65. The summed E-state index contributed by atoms with van der Waals surface area (Å²) in [6, 6.07) is 2.31. The summed E-state index contributed by atoms with van der Waals surface area (Å²) < 4.78 is 5.36. The zero-order valence-electron chi connectivity index (χ0n) is 10.8. The van der Waals surface area contributed by atoms with Gasteiger partial charge in [-0.3, -0.25) is 4.90 Å². The van der Waals surface area contributed by atoms with Crippen molar-refractivity contribution in [2.75, 3.05) is 13.2 Å². The minimum atomic E-state index is -0.860. The van der Waals surface area contributed by atoms with E-state index in [1.165, 1.54) is 0 Å². The summed E-state index contributed by atoms with van der Waals surface area (Å²) in [5.41, 5.74) is 0. The molecule has 16 heavy (non-hydrogen) atoms. The van der Waals surface area contributed by atoms with Gasteiger partial charge in [-0.2, -0.15) is 5.26 Å². The molecule has 4 heteroatoms. The third kappa shape index (κ3) is 6.78. The lowest BCUT2D eigenvalue weighted by Crippen LogP contribution is -2.43. The smallest absolute Gasteiger partial charge is 0.216 e. The van der Waals surface area contributed by atoms with Gasteiger partial charge in [0.1, 0.15) is 0 Å². The lowest BCUT2D eigenvalue weighted by molar-refractivity contribution is -0.206. The van der Waals surface area contributed by atoms with E-state index in [1.807, 2.05) is 32.6 Å². The van der Waals surface area contributed by atoms with Gasteiger partial charge in [0.25, 0.3) is 0 Å². The van der Waals surface area contributed by atoms with E-state index >= 15 is 0 Å². The van der Waals surface area contributed by atoms with Crippen LogP contribution in [0.4, 0.5) is 0 Å². The van der Waals surface area contributed by atoms with E-state index in [1.54, 1.807) is 0 Å². The standard InChI is InChI=1S/C12H24N2O2/c1-10(2)9-16-12(15)14(11(3)4)8-6-5-7-13/h10-12,15H,5-6,8-9H2,1-4H3. The Balaban J connectivity index is 4.03. The molecule has 0 aromatic rings. The Morgan fingerprint density at radius 1 is 1.31 bits per heavy atom. The van der Waals surface area contributed by atoms with Crippen molar-refractivity contribution in [3.05, 3.63) is 0 Å². The van der Waals surface area contributed by atoms with Crippen LogP contribution >= 0.6 is 0 Å². The molecule has 4 nitrogen and oxygen atoms in total. The maximum absolute atomic E-state index is 9.85. The van der Waals surface area contributed by atoms with Gasteiger partial charge >= 0.3 is 0 Å². The summed E-state index contributed by atoms with van der Waals surface area (Å²) in [5.74, 6) is 0.405. The summed E-state index contributed by atoms with van der Waals surface area (Å²) in [5, 5.41) is 18.3. The molecule has 1 atom stereocenters. The summed E-state index contributed by atoms with van der Waals surface area (Å²) in [6.07, 6.45) is 0.415. The van der Waals surface area contributed by atoms with Crippen LogP contribution < -0.4 is 0 Å². The van der Waals surface area contributed by atoms with Crippen LogP contribution in [0.15, 0.2) is 0 Å². The number of hydrogen-bond acceptors (Lipinski definition) is 4. The van der Waals surface area contributed by atoms with Crippen molar-refractivity contribution in [1.29, 1.82) is 5.26 Å². The van der Waals surface area contributed by atoms with Crippen molar-refractivity contribution in [3.63, 3.8) is 0 Å². The molecule has 0 rings (SSSR count). The highest BCUT2D eigenvalue weighted by Crippen LogP contribution is 2.08. The van der Waals surface area contributed by atoms with E-state index < -0.39 is 6.41 Å². The molecule has 0 spiro atoms. The molecule has 0 saturated heterocycles. The van der Waals surface area contributed by atoms with Gasteiger partial charge in [0.15, 0.2) is 0 Å². The van der Waals surface area contributed by atoms with Crippen molar-refractivity contribution in [3.8, 4) is 6.07 Å². The van der Waals surface area contributed by atoms with Crippen molar-refractivity contribution in [1.82, 2.24) is 4.90 Å². The fourth-order valence-corrected chi connectivity index (χ4v) is 1.34. The molecule has 0 fully saturated rings. The summed E-state index contributed by atoms with van der Waals surface area (Å²) in [4.78, 5) is 1.86. The summed E-state index contributed by atoms with van der Waals surface area (Å²) >= 11 is 0. The molecule has 0 saturated carbocycles. The Morgan fingerprint density at radius 3 is 2.38 bits per heavy atom. The number of hydrogen-bond donors (Lipinski definition) is 1. The molecule has 0 amide bonds. The van der Waals surface area contributed by atoms with E-state index in [-0.39, 0.29) is 6.04 Å². The van der Waals surface area contributed by atoms with Crippen molar-refractivity contribution >= 4 is 0 Å². The highest BCUT2D eigenvalue weighted by Gasteiger charge is 2.18. The summed E-state index contributed by atoms with van der Waals surface area (Å²) in [6.45, 7) is 9.33. The Bertz CT molecular complexity index is 212. The van der Waals surface area contributed by atoms with Gasteiger partial charge in [-0.05, 0) is 26.2 Å². The van der Waals surface area contributed by atoms with Crippen LogP contribution in [0.5, 0.6) is 0 Å². The van der Waals surface area contributed by atoms with Gasteiger partial charge in [0, 0.05) is 19.0 Å². The highest BCUT2D eigenvalue weighted by atomic mass is 16.6. The number of aliphatic hydroxyl groups is 1. The van der Waals surface area contributed by atoms with Gasteiger partial charge in [-0.1, -0.05) is 13.8 Å². The Kier molecular flexibility index (Phi) is 8.18. The normalized spacial score (nSPS) is 13.4. The molecule has 0 aliphatic heterocycles. The maximum atomic E-state index is 9.85.